The zero-order valence-corrected chi connectivity index (χ0v) is 27.0. The molecular weight excluding hydrogens is 472 g/mol. The van der Waals surface area contributed by atoms with E-state index in [0.29, 0.717) is 6.17 Å². The van der Waals surface area contributed by atoms with E-state index < -0.39 is 0 Å². The van der Waals surface area contributed by atoms with E-state index in [-0.39, 0.29) is 0 Å². The molecule has 230 valence electrons. The molecule has 39 heavy (non-hydrogen) atoms. The minimum Gasteiger partial charge on any atom is -0.301 e. The summed E-state index contributed by atoms with van der Waals surface area (Å²) < 4.78 is 0. The molecule has 4 atom stereocenters. The van der Waals surface area contributed by atoms with Crippen molar-refractivity contribution in [2.45, 2.75) is 193 Å². The molecule has 0 aromatic carbocycles. The fraction of sp³-hybridized carbons (Fsp3) is 1.00. The van der Waals surface area contributed by atoms with E-state index >= 15 is 0 Å². The van der Waals surface area contributed by atoms with Gasteiger partial charge in [-0.3, -0.25) is 0 Å². The first-order valence-electron chi connectivity index (χ1n) is 18.8. The molecule has 0 amide bonds. The molecule has 0 bridgehead atoms. The van der Waals surface area contributed by atoms with E-state index in [4.69, 9.17) is 0 Å². The van der Waals surface area contributed by atoms with E-state index in [2.05, 4.69) is 24.5 Å². The van der Waals surface area contributed by atoms with Crippen molar-refractivity contribution in [1.29, 1.82) is 0 Å². The maximum absolute atomic E-state index is 3.97. The van der Waals surface area contributed by atoms with Crippen LogP contribution in [0.3, 0.4) is 0 Å². The van der Waals surface area contributed by atoms with Gasteiger partial charge >= 0.3 is 0 Å². The predicted octanol–water partition coefficient (Wildman–Crippen LogP) is 11.2. The monoisotopic (exact) mass is 545 g/mol. The highest BCUT2D eigenvalue weighted by Crippen LogP contribution is 2.49. The highest BCUT2D eigenvalue weighted by molar-refractivity contribution is 4.93. The molecule has 0 aromatic heterocycles. The average molecular weight is 545 g/mol. The van der Waals surface area contributed by atoms with E-state index in [1.165, 1.54) is 174 Å². The summed E-state index contributed by atoms with van der Waals surface area (Å²) in [4.78, 5) is 0. The molecule has 0 radical (unpaired) electrons. The Hall–Kier alpha value is -0.0800. The van der Waals surface area contributed by atoms with E-state index in [9.17, 15) is 0 Å². The smallest absolute Gasteiger partial charge is 0.0601 e. The maximum Gasteiger partial charge on any atom is 0.0601 e. The van der Waals surface area contributed by atoms with Gasteiger partial charge in [0.2, 0.25) is 0 Å². The zero-order valence-electron chi connectivity index (χ0n) is 27.0. The maximum atomic E-state index is 3.97. The number of hydrogen-bond acceptors (Lipinski definition) is 2. The minimum absolute atomic E-state index is 0.607. The Bertz CT molecular complexity index is 554. The number of hydrogen-bond donors (Lipinski definition) is 2. The fourth-order valence-electron chi connectivity index (χ4n) is 8.56. The predicted molar refractivity (Wildman–Crippen MR) is 173 cm³/mol. The van der Waals surface area contributed by atoms with Gasteiger partial charge < -0.3 is 10.6 Å². The number of nitrogens with one attached hydrogen (secondary N) is 2. The number of rotatable bonds is 23. The third-order valence-corrected chi connectivity index (χ3v) is 11.1. The van der Waals surface area contributed by atoms with Crippen LogP contribution in [0, 0.1) is 29.6 Å². The molecule has 2 nitrogen and oxygen atoms in total. The van der Waals surface area contributed by atoms with Gasteiger partial charge in [0, 0.05) is 13.1 Å². The Morgan fingerprint density at radius 3 is 1.33 bits per heavy atom. The van der Waals surface area contributed by atoms with Crippen LogP contribution in [-0.2, 0) is 0 Å². The molecule has 2 aliphatic carbocycles. The summed E-state index contributed by atoms with van der Waals surface area (Å²) in [5.74, 6) is 4.93. The molecule has 2 N–H and O–H groups in total. The molecule has 0 aromatic rings. The standard InChI is InChI=1S/C37H72N2/c1-3-5-7-9-11-13-14-16-17-19-21-23-32-27-34-25-26-35(29-36(34)28-32)37-38-30-33(31-39-37)24-22-20-18-15-12-10-8-6-4-2/h32-39H,3-31H2,1-2H3. The molecule has 3 rings (SSSR count). The Morgan fingerprint density at radius 2 is 0.821 bits per heavy atom. The molecule has 1 heterocycles. The van der Waals surface area contributed by atoms with Crippen molar-refractivity contribution in [1.82, 2.24) is 10.6 Å². The van der Waals surface area contributed by atoms with Crippen LogP contribution in [0.1, 0.15) is 187 Å². The van der Waals surface area contributed by atoms with Gasteiger partial charge in [0.05, 0.1) is 6.17 Å². The summed E-state index contributed by atoms with van der Waals surface area (Å²) in [5, 5.41) is 7.95. The van der Waals surface area contributed by atoms with Gasteiger partial charge in [0.15, 0.2) is 0 Å². The molecule has 2 saturated carbocycles. The van der Waals surface area contributed by atoms with Gasteiger partial charge in [-0.2, -0.15) is 0 Å². The van der Waals surface area contributed by atoms with Gasteiger partial charge in [0.25, 0.3) is 0 Å². The Balaban J connectivity index is 1.15. The van der Waals surface area contributed by atoms with Crippen molar-refractivity contribution in [2.24, 2.45) is 29.6 Å². The highest BCUT2D eigenvalue weighted by Gasteiger charge is 2.40. The van der Waals surface area contributed by atoms with Crippen molar-refractivity contribution in [3.63, 3.8) is 0 Å². The lowest BCUT2D eigenvalue weighted by Gasteiger charge is -2.41. The third kappa shape index (κ3) is 14.1. The largest absolute Gasteiger partial charge is 0.301 e. The Labute approximate surface area is 246 Å². The summed E-state index contributed by atoms with van der Waals surface area (Å²) >= 11 is 0. The van der Waals surface area contributed by atoms with E-state index in [0.717, 1.165) is 29.6 Å². The summed E-state index contributed by atoms with van der Waals surface area (Å²) in [6.07, 6.45) is 40.5. The van der Waals surface area contributed by atoms with Crippen LogP contribution in [0.4, 0.5) is 0 Å². The van der Waals surface area contributed by atoms with E-state index in [1.807, 2.05) is 0 Å². The van der Waals surface area contributed by atoms with Gasteiger partial charge in [0.1, 0.15) is 0 Å². The minimum atomic E-state index is 0.607. The molecule has 2 heteroatoms. The SMILES string of the molecule is CCCCCCCCCCCCCC1CC2CCC(C3NCC(CCCCCCCCCCC)CN3)CC2C1. The van der Waals surface area contributed by atoms with Crippen LogP contribution < -0.4 is 10.6 Å². The fourth-order valence-corrected chi connectivity index (χ4v) is 8.56. The molecule has 4 unspecified atom stereocenters. The first-order valence-corrected chi connectivity index (χ1v) is 18.8. The number of unbranched alkanes of at least 4 members (excludes halogenated alkanes) is 18. The van der Waals surface area contributed by atoms with Crippen LogP contribution in [0.5, 0.6) is 0 Å². The van der Waals surface area contributed by atoms with Gasteiger partial charge in [-0.25, -0.2) is 0 Å². The van der Waals surface area contributed by atoms with E-state index in [1.54, 1.807) is 12.8 Å². The Morgan fingerprint density at radius 1 is 0.410 bits per heavy atom. The quantitative estimate of drug-likeness (QED) is 0.125. The van der Waals surface area contributed by atoms with Gasteiger partial charge in [-0.1, -0.05) is 149 Å². The topological polar surface area (TPSA) is 24.1 Å². The summed E-state index contributed by atoms with van der Waals surface area (Å²) in [7, 11) is 0. The van der Waals surface area contributed by atoms with Crippen molar-refractivity contribution < 1.29 is 0 Å². The lowest BCUT2D eigenvalue weighted by molar-refractivity contribution is 0.131. The summed E-state index contributed by atoms with van der Waals surface area (Å²) in [5.41, 5.74) is 0. The molecule has 3 aliphatic rings. The first-order chi connectivity index (χ1) is 19.3. The summed E-state index contributed by atoms with van der Waals surface area (Å²) in [6, 6.07) is 0. The molecule has 1 aliphatic heterocycles. The van der Waals surface area contributed by atoms with Gasteiger partial charge in [-0.05, 0) is 68.1 Å². The van der Waals surface area contributed by atoms with Crippen molar-refractivity contribution in [3.05, 3.63) is 0 Å². The summed E-state index contributed by atoms with van der Waals surface area (Å²) in [6.45, 7) is 7.16. The molecule has 1 saturated heterocycles. The second kappa shape index (κ2) is 21.6. The third-order valence-electron chi connectivity index (χ3n) is 11.1. The Kier molecular flexibility index (Phi) is 18.5. The van der Waals surface area contributed by atoms with Crippen molar-refractivity contribution in [3.8, 4) is 0 Å². The number of fused-ring (bicyclic) bond motifs is 1. The van der Waals surface area contributed by atoms with Gasteiger partial charge in [-0.15, -0.1) is 0 Å². The molecule has 0 spiro atoms. The molecule has 3 fully saturated rings. The lowest BCUT2D eigenvalue weighted by Crippen LogP contribution is -2.57. The van der Waals surface area contributed by atoms with Crippen LogP contribution in [0.15, 0.2) is 0 Å². The first kappa shape index (κ1) is 33.4. The van der Waals surface area contributed by atoms with Crippen LogP contribution >= 0.6 is 0 Å². The average Bonchev–Trinajstić information content (AvgIpc) is 3.37. The van der Waals surface area contributed by atoms with Crippen LogP contribution in [0.2, 0.25) is 0 Å². The van der Waals surface area contributed by atoms with Crippen molar-refractivity contribution >= 4 is 0 Å². The highest BCUT2D eigenvalue weighted by atomic mass is 15.2. The van der Waals surface area contributed by atoms with Crippen LogP contribution in [-0.4, -0.2) is 19.3 Å². The normalized spacial score (nSPS) is 29.1. The van der Waals surface area contributed by atoms with Crippen LogP contribution in [0.25, 0.3) is 0 Å². The second-order valence-corrected chi connectivity index (χ2v) is 14.5. The zero-order chi connectivity index (χ0) is 27.4. The second-order valence-electron chi connectivity index (χ2n) is 14.5. The van der Waals surface area contributed by atoms with Crippen molar-refractivity contribution in [2.75, 3.05) is 13.1 Å². The lowest BCUT2D eigenvalue weighted by atomic mass is 9.74. The molecular formula is C37H72N2.